The average Bonchev–Trinajstić information content (AvgIpc) is 3.98. The number of fused-ring (bicyclic) bond motifs is 1. The number of hydrogen-bond donors (Lipinski definition) is 4. The molecule has 17 nitrogen and oxygen atoms in total. The minimum Gasteiger partial charge on any atom is -0.391 e. The highest BCUT2D eigenvalue weighted by Crippen LogP contribution is 2.31. The zero-order chi connectivity index (χ0) is 45.8. The Labute approximate surface area is 376 Å². The number of rotatable bonds is 19. The van der Waals surface area contributed by atoms with Crippen LogP contribution in [0.15, 0.2) is 48.0 Å². The fourth-order valence-electron chi connectivity index (χ4n) is 7.66. The molecule has 0 radical (unpaired) electrons. The van der Waals surface area contributed by atoms with E-state index in [1.165, 1.54) is 9.80 Å². The SMILES string of the molecule is Cc1ncsc1-c1ccc(CNC(=O)[C@@H]2C[C@@H](O)CN2C(=O)[C@@H](NC(=O)COCCOCCOCCOCC#Cc2cccc3c2CN(C2CCC(=O)NC2=O)C3=O)C(C)(C)C)cc1. The monoisotopic (exact) mass is 900 g/mol. The molecule has 3 aliphatic rings. The number of benzene rings is 2. The van der Waals surface area contributed by atoms with Crippen LogP contribution in [-0.4, -0.2) is 139 Å². The second-order valence-corrected chi connectivity index (χ2v) is 17.7. The molecule has 0 aliphatic carbocycles. The van der Waals surface area contributed by atoms with Crippen LogP contribution >= 0.6 is 11.3 Å². The van der Waals surface area contributed by atoms with E-state index in [0.29, 0.717) is 44.0 Å². The summed E-state index contributed by atoms with van der Waals surface area (Å²) in [4.78, 5) is 85.4. The zero-order valence-electron chi connectivity index (χ0n) is 36.6. The number of β-amino-alcohol motifs (C(OH)–C–C–N with tert-alkyl or cyclic N) is 1. The van der Waals surface area contributed by atoms with Gasteiger partial charge in [0.2, 0.25) is 29.5 Å². The molecule has 18 heteroatoms. The quantitative estimate of drug-likeness (QED) is 0.0774. The minimum absolute atomic E-state index is 0.0280. The number of piperidine rings is 1. The van der Waals surface area contributed by atoms with E-state index >= 15 is 0 Å². The first kappa shape index (κ1) is 47.9. The molecule has 2 saturated heterocycles. The van der Waals surface area contributed by atoms with Gasteiger partial charge in [0, 0.05) is 43.6 Å². The maximum absolute atomic E-state index is 13.9. The number of aromatic nitrogens is 1. The smallest absolute Gasteiger partial charge is 0.255 e. The van der Waals surface area contributed by atoms with Crippen molar-refractivity contribution in [2.24, 2.45) is 5.41 Å². The lowest BCUT2D eigenvalue weighted by Gasteiger charge is -2.35. The Bertz CT molecular complexity index is 2230. The average molecular weight is 901 g/mol. The Balaban J connectivity index is 0.830. The third-order valence-electron chi connectivity index (χ3n) is 11.0. The second-order valence-electron chi connectivity index (χ2n) is 16.8. The number of aryl methyl sites for hydroxylation is 1. The van der Waals surface area contributed by atoms with Crippen molar-refractivity contribution in [2.45, 2.75) is 84.3 Å². The lowest BCUT2D eigenvalue weighted by atomic mass is 9.85. The normalized spacial score (nSPS) is 18.9. The summed E-state index contributed by atoms with van der Waals surface area (Å²) in [7, 11) is 0. The van der Waals surface area contributed by atoms with E-state index in [4.69, 9.17) is 18.9 Å². The van der Waals surface area contributed by atoms with Gasteiger partial charge in [-0.2, -0.15) is 0 Å². The van der Waals surface area contributed by atoms with E-state index in [2.05, 4.69) is 32.8 Å². The number of likely N-dealkylation sites (tertiary alicyclic amines) is 1. The molecule has 1 unspecified atom stereocenters. The van der Waals surface area contributed by atoms with Gasteiger partial charge in [-0.05, 0) is 47.6 Å². The van der Waals surface area contributed by atoms with Crippen molar-refractivity contribution in [1.82, 2.24) is 30.7 Å². The number of nitrogens with one attached hydrogen (secondary N) is 3. The first-order chi connectivity index (χ1) is 30.7. The van der Waals surface area contributed by atoms with Crippen LogP contribution in [0.2, 0.25) is 0 Å². The predicted molar refractivity (Wildman–Crippen MR) is 234 cm³/mol. The third kappa shape index (κ3) is 12.6. The molecule has 6 amide bonds. The number of aliphatic hydroxyl groups excluding tert-OH is 1. The Kier molecular flexibility index (Phi) is 16.8. The fourth-order valence-corrected chi connectivity index (χ4v) is 8.47. The molecular weight excluding hydrogens is 845 g/mol. The number of ether oxygens (including phenoxy) is 4. The summed E-state index contributed by atoms with van der Waals surface area (Å²) >= 11 is 1.56. The maximum Gasteiger partial charge on any atom is 0.255 e. The van der Waals surface area contributed by atoms with Crippen LogP contribution in [0.4, 0.5) is 0 Å². The van der Waals surface area contributed by atoms with E-state index in [-0.39, 0.29) is 76.6 Å². The van der Waals surface area contributed by atoms with E-state index < -0.39 is 47.4 Å². The van der Waals surface area contributed by atoms with Crippen LogP contribution in [0.1, 0.15) is 72.8 Å². The molecule has 2 fully saturated rings. The topological polar surface area (TPSA) is 215 Å². The number of nitrogens with zero attached hydrogens (tertiary/aromatic N) is 3. The van der Waals surface area contributed by atoms with Gasteiger partial charge in [0.05, 0.1) is 61.8 Å². The molecule has 3 aromatic rings. The van der Waals surface area contributed by atoms with Crippen LogP contribution in [0, 0.1) is 24.2 Å². The number of thiazole rings is 1. The van der Waals surface area contributed by atoms with Gasteiger partial charge in [-0.3, -0.25) is 34.1 Å². The van der Waals surface area contributed by atoms with Gasteiger partial charge >= 0.3 is 0 Å². The van der Waals surface area contributed by atoms with Gasteiger partial charge in [-0.1, -0.05) is 62.9 Å². The van der Waals surface area contributed by atoms with Crippen molar-refractivity contribution in [1.29, 1.82) is 0 Å². The molecule has 4 atom stereocenters. The molecule has 4 N–H and O–H groups in total. The van der Waals surface area contributed by atoms with Crippen LogP contribution in [0.25, 0.3) is 10.4 Å². The number of hydrogen-bond acceptors (Lipinski definition) is 13. The summed E-state index contributed by atoms with van der Waals surface area (Å²) in [5.74, 6) is 3.63. The number of aliphatic hydroxyl groups is 1. The molecule has 2 aromatic carbocycles. The Morgan fingerprint density at radius 1 is 0.984 bits per heavy atom. The van der Waals surface area contributed by atoms with Crippen LogP contribution in [0.3, 0.4) is 0 Å². The first-order valence-electron chi connectivity index (χ1n) is 21.3. The van der Waals surface area contributed by atoms with E-state index in [1.54, 1.807) is 29.0 Å². The molecule has 0 saturated carbocycles. The van der Waals surface area contributed by atoms with E-state index in [0.717, 1.165) is 27.3 Å². The van der Waals surface area contributed by atoms with Crippen LogP contribution in [0.5, 0.6) is 0 Å². The zero-order valence-corrected chi connectivity index (χ0v) is 37.4. The number of carbonyl (C=O) groups excluding carboxylic acids is 6. The van der Waals surface area contributed by atoms with Gasteiger partial charge < -0.3 is 44.5 Å². The number of imide groups is 1. The number of carbonyl (C=O) groups is 6. The fraction of sp³-hybridized carbons (Fsp3) is 0.500. The first-order valence-corrected chi connectivity index (χ1v) is 22.2. The Morgan fingerprint density at radius 2 is 1.69 bits per heavy atom. The maximum atomic E-state index is 13.9. The van der Waals surface area contributed by atoms with Crippen molar-refractivity contribution in [3.05, 3.63) is 75.9 Å². The summed E-state index contributed by atoms with van der Waals surface area (Å²) in [6.07, 6.45) is -0.316. The lowest BCUT2D eigenvalue weighted by Crippen LogP contribution is -2.58. The van der Waals surface area contributed by atoms with Gasteiger partial charge in [0.25, 0.3) is 5.91 Å². The highest BCUT2D eigenvalue weighted by Gasteiger charge is 2.45. The van der Waals surface area contributed by atoms with Crippen molar-refractivity contribution in [3.8, 4) is 22.3 Å². The highest BCUT2D eigenvalue weighted by molar-refractivity contribution is 7.13. The van der Waals surface area contributed by atoms with Gasteiger partial charge in [-0.15, -0.1) is 11.3 Å². The molecule has 6 rings (SSSR count). The molecule has 64 heavy (non-hydrogen) atoms. The standard InChI is InChI=1S/C46H56N6O11S/c1-29-40(64-28-48-29)32-12-10-30(11-13-32)24-47-42(56)37-23-33(53)25-51(37)45(59)41(46(2,3)4)49-39(55)27-63-22-21-62-20-19-61-18-17-60-16-6-8-31-7-5-9-34-35(31)26-52(44(34)58)36-14-15-38(54)50-43(36)57/h5,7,9-13,28,33,36-37,41,53H,14-27H2,1-4H3,(H,47,56)(H,49,55)(H,50,54,57)/t33-,36?,37+,41-/m1/s1. The van der Waals surface area contributed by atoms with Gasteiger partial charge in [-0.25, -0.2) is 4.98 Å². The minimum atomic E-state index is -0.979. The molecule has 342 valence electrons. The van der Waals surface area contributed by atoms with E-state index in [9.17, 15) is 33.9 Å². The summed E-state index contributed by atoms with van der Waals surface area (Å²) in [5.41, 5.74) is 5.90. The predicted octanol–water partition coefficient (Wildman–Crippen LogP) is 2.11. The molecule has 0 bridgehead atoms. The van der Waals surface area contributed by atoms with Crippen molar-refractivity contribution >= 4 is 46.8 Å². The van der Waals surface area contributed by atoms with E-state index in [1.807, 2.05) is 58.0 Å². The van der Waals surface area contributed by atoms with Gasteiger partial charge in [0.15, 0.2) is 0 Å². The highest BCUT2D eigenvalue weighted by atomic mass is 32.1. The summed E-state index contributed by atoms with van der Waals surface area (Å²) in [6.45, 7) is 9.27. The van der Waals surface area contributed by atoms with Crippen LogP contribution in [-0.2, 0) is 56.0 Å². The van der Waals surface area contributed by atoms with Crippen molar-refractivity contribution in [3.63, 3.8) is 0 Å². The molecule has 3 aliphatic heterocycles. The molecule has 0 spiro atoms. The Morgan fingerprint density at radius 3 is 2.36 bits per heavy atom. The van der Waals surface area contributed by atoms with Crippen LogP contribution < -0.4 is 16.0 Å². The van der Waals surface area contributed by atoms with Crippen molar-refractivity contribution in [2.75, 3.05) is 59.4 Å². The third-order valence-corrected chi connectivity index (χ3v) is 12.0. The summed E-state index contributed by atoms with van der Waals surface area (Å²) < 4.78 is 22.1. The Hall–Kier alpha value is -5.55. The molecule has 4 heterocycles. The van der Waals surface area contributed by atoms with Crippen molar-refractivity contribution < 1.29 is 52.8 Å². The lowest BCUT2D eigenvalue weighted by molar-refractivity contribution is -0.144. The second kappa shape index (κ2) is 22.4. The number of amides is 6. The van der Waals surface area contributed by atoms with Gasteiger partial charge in [0.1, 0.15) is 31.3 Å². The largest absolute Gasteiger partial charge is 0.391 e. The molecular formula is C46H56N6O11S. The summed E-state index contributed by atoms with van der Waals surface area (Å²) in [5, 5.41) is 18.5. The molecule has 1 aromatic heterocycles. The summed E-state index contributed by atoms with van der Waals surface area (Å²) in [6, 6.07) is 10.5.